The van der Waals surface area contributed by atoms with Crippen LogP contribution in [0.25, 0.3) is 10.2 Å². The third-order valence-corrected chi connectivity index (χ3v) is 6.16. The molecular formula is C23H30ClN3O3S. The summed E-state index contributed by atoms with van der Waals surface area (Å²) >= 11 is 1.07. The summed E-state index contributed by atoms with van der Waals surface area (Å²) in [5.41, 5.74) is 2.54. The molecule has 4 N–H and O–H groups in total. The van der Waals surface area contributed by atoms with E-state index >= 15 is 0 Å². The molecule has 0 aliphatic heterocycles. The van der Waals surface area contributed by atoms with Gasteiger partial charge in [0.2, 0.25) is 5.91 Å². The van der Waals surface area contributed by atoms with Gasteiger partial charge in [-0.25, -0.2) is 0 Å². The topological polar surface area (TPSA) is 94.2 Å². The van der Waals surface area contributed by atoms with Crippen molar-refractivity contribution < 1.29 is 9.90 Å². The van der Waals surface area contributed by atoms with Crippen molar-refractivity contribution in [3.8, 4) is 5.75 Å². The van der Waals surface area contributed by atoms with Crippen molar-refractivity contribution >= 4 is 39.9 Å². The number of thiazole rings is 1. The molecule has 3 rings (SSSR count). The highest BCUT2D eigenvalue weighted by Crippen LogP contribution is 2.31. The maximum Gasteiger partial charge on any atom is 0.305 e. The number of aromatic nitrogens is 1. The highest BCUT2D eigenvalue weighted by molar-refractivity contribution is 7.16. The molecule has 2 aromatic carbocycles. The van der Waals surface area contributed by atoms with Gasteiger partial charge in [0.25, 0.3) is 0 Å². The fourth-order valence-electron chi connectivity index (χ4n) is 3.57. The van der Waals surface area contributed by atoms with Crippen molar-refractivity contribution in [2.24, 2.45) is 0 Å². The average molecular weight is 464 g/mol. The molecule has 2 atom stereocenters. The molecule has 0 aliphatic rings. The number of carbonyl (C=O) groups is 1. The van der Waals surface area contributed by atoms with Gasteiger partial charge in [-0.2, -0.15) is 0 Å². The van der Waals surface area contributed by atoms with Gasteiger partial charge in [0.15, 0.2) is 0 Å². The van der Waals surface area contributed by atoms with Crippen LogP contribution < -0.4 is 15.5 Å². The lowest BCUT2D eigenvalue weighted by Gasteiger charge is -2.23. The predicted octanol–water partition coefficient (Wildman–Crippen LogP) is 4.29. The first-order chi connectivity index (χ1) is 14.5. The van der Waals surface area contributed by atoms with Gasteiger partial charge in [-0.3, -0.25) is 14.9 Å². The molecule has 1 aromatic heterocycles. The Morgan fingerprint density at radius 2 is 1.94 bits per heavy atom. The number of H-pyrrole nitrogens is 1. The summed E-state index contributed by atoms with van der Waals surface area (Å²) in [6.07, 6.45) is 3.48. The number of nitrogens with one attached hydrogen (secondary N) is 3. The van der Waals surface area contributed by atoms with Gasteiger partial charge in [-0.15, -0.1) is 12.4 Å². The highest BCUT2D eigenvalue weighted by atomic mass is 35.5. The van der Waals surface area contributed by atoms with Crippen LogP contribution in [0, 0.1) is 0 Å². The largest absolute Gasteiger partial charge is 0.506 e. The third-order valence-electron chi connectivity index (χ3n) is 5.22. The van der Waals surface area contributed by atoms with Crippen LogP contribution in [0.4, 0.5) is 0 Å². The molecule has 2 unspecified atom stereocenters. The number of rotatable bonds is 10. The van der Waals surface area contributed by atoms with Crippen LogP contribution in [-0.4, -0.2) is 28.6 Å². The zero-order valence-corrected chi connectivity index (χ0v) is 19.4. The first-order valence-electron chi connectivity index (χ1n) is 10.4. The monoisotopic (exact) mass is 463 g/mol. The molecule has 8 heteroatoms. The van der Waals surface area contributed by atoms with Crippen molar-refractivity contribution in [3.63, 3.8) is 0 Å². The lowest BCUT2D eigenvalue weighted by atomic mass is 10.0. The Bertz CT molecular complexity index is 1040. The molecular weight excluding hydrogens is 434 g/mol. The molecule has 0 bridgehead atoms. The first kappa shape index (κ1) is 24.9. The summed E-state index contributed by atoms with van der Waals surface area (Å²) in [5.74, 6) is 0.0454. The van der Waals surface area contributed by atoms with Crippen molar-refractivity contribution in [2.75, 3.05) is 6.54 Å². The summed E-state index contributed by atoms with van der Waals surface area (Å²) in [4.78, 5) is 27.1. The average Bonchev–Trinajstić information content (AvgIpc) is 3.14. The van der Waals surface area contributed by atoms with E-state index in [0.717, 1.165) is 47.3 Å². The number of phenols is 1. The SMILES string of the molecule is CCCCC(NC(C)c1ccc(O)c2[nH]c(=O)sc12)C(=O)NCCc1ccccc1.Cl. The van der Waals surface area contributed by atoms with Crippen molar-refractivity contribution in [2.45, 2.75) is 51.6 Å². The fraction of sp³-hybridized carbons (Fsp3) is 0.391. The van der Waals surface area contributed by atoms with Crippen LogP contribution >= 0.6 is 23.7 Å². The number of halogens is 1. The van der Waals surface area contributed by atoms with Crippen LogP contribution in [0.5, 0.6) is 5.75 Å². The number of hydrogen-bond acceptors (Lipinski definition) is 5. The quantitative estimate of drug-likeness (QED) is 0.361. The van der Waals surface area contributed by atoms with E-state index in [1.54, 1.807) is 6.07 Å². The summed E-state index contributed by atoms with van der Waals surface area (Å²) in [7, 11) is 0. The normalized spacial score (nSPS) is 12.8. The molecule has 6 nitrogen and oxygen atoms in total. The minimum atomic E-state index is -0.324. The fourth-order valence-corrected chi connectivity index (χ4v) is 4.53. The standard InChI is InChI=1S/C23H29N3O3S.ClH/c1-3-4-10-18(22(28)24-14-13-16-8-6-5-7-9-16)25-15(2)17-11-12-19(27)20-21(17)30-23(29)26-20;/h5-9,11-12,15,18,25,27H,3-4,10,13-14H2,1-2H3,(H,24,28)(H,26,29);1H. The number of fused-ring (bicyclic) bond motifs is 1. The second-order valence-electron chi connectivity index (χ2n) is 7.50. The predicted molar refractivity (Wildman–Crippen MR) is 129 cm³/mol. The van der Waals surface area contributed by atoms with Crippen molar-refractivity contribution in [1.29, 1.82) is 0 Å². The van der Waals surface area contributed by atoms with E-state index in [9.17, 15) is 14.7 Å². The minimum absolute atomic E-state index is 0. The molecule has 0 aliphatic carbocycles. The van der Waals surface area contributed by atoms with E-state index in [1.165, 1.54) is 5.56 Å². The lowest BCUT2D eigenvalue weighted by Crippen LogP contribution is -2.45. The van der Waals surface area contributed by atoms with Gasteiger partial charge in [0.1, 0.15) is 11.3 Å². The Hall–Kier alpha value is -2.35. The molecule has 31 heavy (non-hydrogen) atoms. The van der Waals surface area contributed by atoms with Gasteiger partial charge in [-0.1, -0.05) is 67.5 Å². The smallest absolute Gasteiger partial charge is 0.305 e. The van der Waals surface area contributed by atoms with Crippen molar-refractivity contribution in [1.82, 2.24) is 15.6 Å². The van der Waals surface area contributed by atoms with Crippen LogP contribution in [0.15, 0.2) is 47.3 Å². The first-order valence-corrected chi connectivity index (χ1v) is 11.2. The van der Waals surface area contributed by atoms with Crippen LogP contribution in [-0.2, 0) is 11.2 Å². The van der Waals surface area contributed by atoms with Gasteiger partial charge in [-0.05, 0) is 37.0 Å². The number of carbonyl (C=O) groups excluding carboxylic acids is 1. The maximum atomic E-state index is 12.9. The van der Waals surface area contributed by atoms with E-state index in [1.807, 2.05) is 31.2 Å². The molecule has 0 spiro atoms. The Balaban J connectivity index is 0.00000341. The van der Waals surface area contributed by atoms with E-state index in [4.69, 9.17) is 0 Å². The zero-order chi connectivity index (χ0) is 21.5. The number of aromatic hydroxyl groups is 1. The Labute approximate surface area is 192 Å². The second-order valence-corrected chi connectivity index (χ2v) is 8.49. The second kappa shape index (κ2) is 11.9. The summed E-state index contributed by atoms with van der Waals surface area (Å²) in [6, 6.07) is 13.0. The highest BCUT2D eigenvalue weighted by Gasteiger charge is 2.22. The van der Waals surface area contributed by atoms with Gasteiger partial charge < -0.3 is 15.4 Å². The number of hydrogen-bond donors (Lipinski definition) is 4. The molecule has 3 aromatic rings. The molecule has 0 radical (unpaired) electrons. The lowest BCUT2D eigenvalue weighted by molar-refractivity contribution is -0.123. The number of unbranched alkanes of at least 4 members (excludes halogenated alkanes) is 1. The Kier molecular flexibility index (Phi) is 9.55. The van der Waals surface area contributed by atoms with Crippen molar-refractivity contribution in [3.05, 3.63) is 63.3 Å². The van der Waals surface area contributed by atoms with Crippen LogP contribution in [0.2, 0.25) is 0 Å². The molecule has 1 heterocycles. The molecule has 0 fully saturated rings. The van der Waals surface area contributed by atoms with Crippen LogP contribution in [0.3, 0.4) is 0 Å². The molecule has 0 saturated heterocycles. The number of amides is 1. The number of phenolic OH excluding ortho intramolecular Hbond substituents is 1. The Morgan fingerprint density at radius 3 is 2.65 bits per heavy atom. The van der Waals surface area contributed by atoms with Gasteiger partial charge in [0, 0.05) is 12.6 Å². The minimum Gasteiger partial charge on any atom is -0.506 e. The zero-order valence-electron chi connectivity index (χ0n) is 17.8. The van der Waals surface area contributed by atoms with E-state index in [0.29, 0.717) is 12.1 Å². The summed E-state index contributed by atoms with van der Waals surface area (Å²) < 4.78 is 0.721. The number of aromatic amines is 1. The maximum absolute atomic E-state index is 12.9. The van der Waals surface area contributed by atoms with E-state index < -0.39 is 0 Å². The third kappa shape index (κ3) is 6.56. The van der Waals surface area contributed by atoms with Gasteiger partial charge in [0.05, 0.1) is 10.7 Å². The van der Waals surface area contributed by atoms with E-state index in [2.05, 4.69) is 34.7 Å². The molecule has 168 valence electrons. The number of benzene rings is 2. The summed E-state index contributed by atoms with van der Waals surface area (Å²) in [6.45, 7) is 4.67. The van der Waals surface area contributed by atoms with Gasteiger partial charge >= 0.3 is 4.87 Å². The Morgan fingerprint density at radius 1 is 1.19 bits per heavy atom. The molecule has 0 saturated carbocycles. The van der Waals surface area contributed by atoms with Crippen LogP contribution in [0.1, 0.15) is 50.3 Å². The summed E-state index contributed by atoms with van der Waals surface area (Å²) in [5, 5.41) is 16.5. The van der Waals surface area contributed by atoms with E-state index in [-0.39, 0.29) is 41.0 Å². The molecule has 1 amide bonds.